The largest absolute Gasteiger partial charge is 0.376 e. The molecule has 0 bridgehead atoms. The molecule has 0 saturated heterocycles. The van der Waals surface area contributed by atoms with Gasteiger partial charge in [-0.25, -0.2) is 4.98 Å². The van der Waals surface area contributed by atoms with Gasteiger partial charge in [-0.3, -0.25) is 4.79 Å². The number of hydrogen-bond acceptors (Lipinski definition) is 4. The molecular formula is C16H20ClN3OS. The zero-order chi connectivity index (χ0) is 16.4. The Morgan fingerprint density at radius 1 is 1.36 bits per heavy atom. The van der Waals surface area contributed by atoms with Crippen LogP contribution in [0.1, 0.15) is 40.1 Å². The number of aromatic nitrogens is 1. The first kappa shape index (κ1) is 16.8. The summed E-state index contributed by atoms with van der Waals surface area (Å²) in [5.41, 5.74) is 2.36. The van der Waals surface area contributed by atoms with Crippen molar-refractivity contribution < 1.29 is 4.79 Å². The summed E-state index contributed by atoms with van der Waals surface area (Å²) in [6.07, 6.45) is 0. The quantitative estimate of drug-likeness (QED) is 0.890. The molecule has 0 aliphatic heterocycles. The topological polar surface area (TPSA) is 45.2 Å². The van der Waals surface area contributed by atoms with Gasteiger partial charge in [0.25, 0.3) is 5.91 Å². The van der Waals surface area contributed by atoms with Crippen LogP contribution in [0.5, 0.6) is 0 Å². The number of thiazole rings is 1. The molecule has 1 aromatic heterocycles. The summed E-state index contributed by atoms with van der Waals surface area (Å²) in [7, 11) is 3.85. The predicted molar refractivity (Wildman–Crippen MR) is 94.7 cm³/mol. The van der Waals surface area contributed by atoms with Gasteiger partial charge in [-0.05, 0) is 25.1 Å². The third-order valence-corrected chi connectivity index (χ3v) is 4.96. The molecular weight excluding hydrogens is 318 g/mol. The van der Waals surface area contributed by atoms with E-state index in [1.165, 1.54) is 11.3 Å². The maximum Gasteiger partial charge on any atom is 0.267 e. The summed E-state index contributed by atoms with van der Waals surface area (Å²) in [5, 5.41) is 4.47. The average Bonchev–Trinajstić information content (AvgIpc) is 2.80. The third-order valence-electron chi connectivity index (χ3n) is 3.20. The number of halogens is 1. The molecule has 1 aromatic carbocycles. The van der Waals surface area contributed by atoms with Crippen molar-refractivity contribution in [2.45, 2.75) is 26.7 Å². The van der Waals surface area contributed by atoms with Crippen molar-refractivity contribution in [1.29, 1.82) is 0 Å². The Balaban J connectivity index is 2.20. The minimum absolute atomic E-state index is 0.143. The Bertz CT molecular complexity index is 695. The van der Waals surface area contributed by atoms with Crippen molar-refractivity contribution in [3.8, 4) is 0 Å². The van der Waals surface area contributed by atoms with Gasteiger partial charge < -0.3 is 10.2 Å². The highest BCUT2D eigenvalue weighted by atomic mass is 35.5. The molecule has 118 valence electrons. The summed E-state index contributed by atoms with van der Waals surface area (Å²) in [4.78, 5) is 19.4. The van der Waals surface area contributed by atoms with E-state index in [1.807, 2.05) is 38.1 Å². The fourth-order valence-corrected chi connectivity index (χ4v) is 3.32. The van der Waals surface area contributed by atoms with E-state index in [1.54, 1.807) is 6.07 Å². The van der Waals surface area contributed by atoms with E-state index in [-0.39, 0.29) is 5.91 Å². The van der Waals surface area contributed by atoms with Gasteiger partial charge in [0.2, 0.25) is 0 Å². The maximum absolute atomic E-state index is 12.4. The van der Waals surface area contributed by atoms with Gasteiger partial charge in [0.05, 0.1) is 21.4 Å². The minimum atomic E-state index is -0.143. The van der Waals surface area contributed by atoms with Crippen LogP contribution in [0.25, 0.3) is 0 Å². The number of hydrogen-bond donors (Lipinski definition) is 1. The van der Waals surface area contributed by atoms with E-state index in [9.17, 15) is 4.79 Å². The first-order valence-electron chi connectivity index (χ1n) is 7.05. The van der Waals surface area contributed by atoms with E-state index in [2.05, 4.69) is 24.1 Å². The first-order valence-corrected chi connectivity index (χ1v) is 8.24. The molecule has 1 N–H and O–H groups in total. The number of rotatable bonds is 4. The zero-order valence-electron chi connectivity index (χ0n) is 13.4. The van der Waals surface area contributed by atoms with Gasteiger partial charge in [-0.2, -0.15) is 0 Å². The van der Waals surface area contributed by atoms with Crippen LogP contribution in [0.3, 0.4) is 0 Å². The molecule has 0 fully saturated rings. The highest BCUT2D eigenvalue weighted by Gasteiger charge is 2.17. The Kier molecular flexibility index (Phi) is 5.08. The second kappa shape index (κ2) is 6.67. The fourth-order valence-electron chi connectivity index (χ4n) is 2.01. The SMILES string of the molecule is Cc1nc(C(C)C)sc1C(=O)Nc1ccc(N(C)C)c(Cl)c1. The second-order valence-electron chi connectivity index (χ2n) is 5.64. The van der Waals surface area contributed by atoms with Crippen molar-refractivity contribution in [2.75, 3.05) is 24.3 Å². The molecule has 1 amide bonds. The molecule has 0 unspecified atom stereocenters. The molecule has 1 heterocycles. The summed E-state index contributed by atoms with van der Waals surface area (Å²) in [6.45, 7) is 6.00. The monoisotopic (exact) mass is 337 g/mol. The first-order chi connectivity index (χ1) is 10.3. The smallest absolute Gasteiger partial charge is 0.267 e. The minimum Gasteiger partial charge on any atom is -0.376 e. The Hall–Kier alpha value is -1.59. The molecule has 0 atom stereocenters. The lowest BCUT2D eigenvalue weighted by molar-refractivity contribution is 0.103. The van der Waals surface area contributed by atoms with Gasteiger partial charge in [-0.1, -0.05) is 25.4 Å². The standard InChI is InChI=1S/C16H20ClN3OS/c1-9(2)16-18-10(3)14(22-16)15(21)19-11-6-7-13(20(4)5)12(17)8-11/h6-9H,1-5H3,(H,19,21). The number of nitrogens with zero attached hydrogens (tertiary/aromatic N) is 2. The number of benzene rings is 1. The lowest BCUT2D eigenvalue weighted by Gasteiger charge is -2.15. The molecule has 4 nitrogen and oxygen atoms in total. The molecule has 0 saturated carbocycles. The second-order valence-corrected chi connectivity index (χ2v) is 7.07. The molecule has 0 aliphatic rings. The molecule has 0 aliphatic carbocycles. The van der Waals surface area contributed by atoms with Crippen LogP contribution in [0.4, 0.5) is 11.4 Å². The predicted octanol–water partition coefficient (Wildman–Crippen LogP) is 4.55. The molecule has 2 aromatic rings. The maximum atomic E-state index is 12.4. The van der Waals surface area contributed by atoms with Crippen molar-refractivity contribution >= 4 is 40.2 Å². The molecule has 2 rings (SSSR count). The van der Waals surface area contributed by atoms with Crippen molar-refractivity contribution in [3.63, 3.8) is 0 Å². The van der Waals surface area contributed by atoms with E-state index in [0.29, 0.717) is 21.5 Å². The van der Waals surface area contributed by atoms with Crippen LogP contribution in [0.2, 0.25) is 5.02 Å². The molecule has 22 heavy (non-hydrogen) atoms. The number of amides is 1. The van der Waals surface area contributed by atoms with Gasteiger partial charge in [0.15, 0.2) is 0 Å². The fraction of sp³-hybridized carbons (Fsp3) is 0.375. The summed E-state index contributed by atoms with van der Waals surface area (Å²) >= 11 is 7.67. The van der Waals surface area contributed by atoms with Crippen LogP contribution >= 0.6 is 22.9 Å². The highest BCUT2D eigenvalue weighted by Crippen LogP contribution is 2.29. The number of carbonyl (C=O) groups excluding carboxylic acids is 1. The van der Waals surface area contributed by atoms with Crippen molar-refractivity contribution in [1.82, 2.24) is 4.98 Å². The van der Waals surface area contributed by atoms with Gasteiger partial charge in [0, 0.05) is 25.7 Å². The van der Waals surface area contributed by atoms with Crippen LogP contribution in [-0.2, 0) is 0 Å². The summed E-state index contributed by atoms with van der Waals surface area (Å²) in [5.74, 6) is 0.176. The molecule has 0 spiro atoms. The van der Waals surface area contributed by atoms with E-state index < -0.39 is 0 Å². The number of carbonyl (C=O) groups is 1. The Morgan fingerprint density at radius 3 is 2.55 bits per heavy atom. The number of nitrogens with one attached hydrogen (secondary N) is 1. The third kappa shape index (κ3) is 3.59. The van der Waals surface area contributed by atoms with Gasteiger partial charge in [-0.15, -0.1) is 11.3 Å². The van der Waals surface area contributed by atoms with Gasteiger partial charge in [0.1, 0.15) is 4.88 Å². The van der Waals surface area contributed by atoms with Crippen molar-refractivity contribution in [2.24, 2.45) is 0 Å². The van der Waals surface area contributed by atoms with Crippen LogP contribution < -0.4 is 10.2 Å². The lowest BCUT2D eigenvalue weighted by atomic mass is 10.2. The molecule has 0 radical (unpaired) electrons. The Labute approximate surface area is 140 Å². The van der Waals surface area contributed by atoms with Crippen molar-refractivity contribution in [3.05, 3.63) is 38.8 Å². The van der Waals surface area contributed by atoms with E-state index in [4.69, 9.17) is 11.6 Å². The normalized spacial score (nSPS) is 10.9. The van der Waals surface area contributed by atoms with Crippen LogP contribution in [0, 0.1) is 6.92 Å². The average molecular weight is 338 g/mol. The van der Waals surface area contributed by atoms with Gasteiger partial charge >= 0.3 is 0 Å². The summed E-state index contributed by atoms with van der Waals surface area (Å²) in [6, 6.07) is 5.49. The lowest BCUT2D eigenvalue weighted by Crippen LogP contribution is -2.13. The number of anilines is 2. The van der Waals surface area contributed by atoms with Crippen LogP contribution in [0.15, 0.2) is 18.2 Å². The van der Waals surface area contributed by atoms with Crippen LogP contribution in [-0.4, -0.2) is 25.0 Å². The summed E-state index contributed by atoms with van der Waals surface area (Å²) < 4.78 is 0. The highest BCUT2D eigenvalue weighted by molar-refractivity contribution is 7.14. The Morgan fingerprint density at radius 2 is 2.05 bits per heavy atom. The molecule has 6 heteroatoms. The van der Waals surface area contributed by atoms with E-state index in [0.717, 1.165) is 16.4 Å². The number of aryl methyl sites for hydroxylation is 1. The van der Waals surface area contributed by atoms with E-state index >= 15 is 0 Å². The zero-order valence-corrected chi connectivity index (χ0v) is 15.0.